The Morgan fingerprint density at radius 2 is 2.14 bits per heavy atom. The van der Waals surface area contributed by atoms with Gasteiger partial charge in [-0.25, -0.2) is 0 Å². The van der Waals surface area contributed by atoms with Gasteiger partial charge in [0.1, 0.15) is 5.75 Å². The Labute approximate surface area is 127 Å². The molecule has 1 amide bonds. The third-order valence-corrected chi connectivity index (χ3v) is 4.98. The lowest BCUT2D eigenvalue weighted by Gasteiger charge is -2.34. The molecular weight excluding hydrogens is 290 g/mol. The van der Waals surface area contributed by atoms with Crippen molar-refractivity contribution in [3.05, 3.63) is 24.3 Å². The van der Waals surface area contributed by atoms with Gasteiger partial charge < -0.3 is 14.7 Å². The number of hydrogen-bond donors (Lipinski definition) is 1. The van der Waals surface area contributed by atoms with E-state index < -0.39 is 18.0 Å². The van der Waals surface area contributed by atoms with Crippen LogP contribution in [0.5, 0.6) is 5.75 Å². The Hall–Kier alpha value is -1.69. The summed E-state index contributed by atoms with van der Waals surface area (Å²) in [6, 6.07) is 7.66. The molecule has 1 fully saturated rings. The standard InChI is InChI=1S/C15H17NO4S/c17-14(16-7-3-4-10(8-16)15(18)19)12-9-21-13-6-2-1-5-11(13)20-12/h1-2,5-6,10,12H,3-4,7-9H2,(H,18,19)/t10-,12+/m0/s1. The number of aliphatic carboxylic acids is 1. The van der Waals surface area contributed by atoms with Crippen molar-refractivity contribution in [2.24, 2.45) is 5.92 Å². The predicted octanol–water partition coefficient (Wildman–Crippen LogP) is 1.86. The third kappa shape index (κ3) is 3.00. The highest BCUT2D eigenvalue weighted by Gasteiger charge is 2.34. The average molecular weight is 307 g/mol. The highest BCUT2D eigenvalue weighted by Crippen LogP contribution is 2.35. The topological polar surface area (TPSA) is 66.8 Å². The van der Waals surface area contributed by atoms with Crippen molar-refractivity contribution in [2.75, 3.05) is 18.8 Å². The largest absolute Gasteiger partial charge is 0.481 e. The number of likely N-dealkylation sites (tertiary alicyclic amines) is 1. The van der Waals surface area contributed by atoms with Gasteiger partial charge in [-0.3, -0.25) is 9.59 Å². The van der Waals surface area contributed by atoms with Gasteiger partial charge in [0, 0.05) is 23.7 Å². The zero-order valence-electron chi connectivity index (χ0n) is 11.5. The van der Waals surface area contributed by atoms with Crippen LogP contribution in [-0.2, 0) is 9.59 Å². The molecule has 1 N–H and O–H groups in total. The lowest BCUT2D eigenvalue weighted by molar-refractivity contribution is -0.147. The first-order chi connectivity index (χ1) is 10.1. The van der Waals surface area contributed by atoms with Gasteiger partial charge in [-0.05, 0) is 25.0 Å². The van der Waals surface area contributed by atoms with Crippen LogP contribution >= 0.6 is 11.8 Å². The maximum Gasteiger partial charge on any atom is 0.308 e. The maximum absolute atomic E-state index is 12.5. The molecule has 0 unspecified atom stereocenters. The first kappa shape index (κ1) is 14.3. The molecule has 2 heterocycles. The molecule has 21 heavy (non-hydrogen) atoms. The van der Waals surface area contributed by atoms with Crippen LogP contribution in [0.1, 0.15) is 12.8 Å². The number of carboxylic acid groups (broad SMARTS) is 1. The summed E-state index contributed by atoms with van der Waals surface area (Å²) in [7, 11) is 0. The Kier molecular flexibility index (Phi) is 4.05. The van der Waals surface area contributed by atoms with E-state index in [0.29, 0.717) is 25.3 Å². The second-order valence-electron chi connectivity index (χ2n) is 5.33. The number of benzene rings is 1. The number of nitrogens with zero attached hydrogens (tertiary/aromatic N) is 1. The summed E-state index contributed by atoms with van der Waals surface area (Å²) in [6.45, 7) is 0.912. The minimum Gasteiger partial charge on any atom is -0.481 e. The van der Waals surface area contributed by atoms with Gasteiger partial charge in [0.15, 0.2) is 6.10 Å². The molecule has 0 aromatic heterocycles. The molecule has 0 radical (unpaired) electrons. The molecule has 2 aliphatic rings. The maximum atomic E-state index is 12.5. The molecule has 2 aliphatic heterocycles. The summed E-state index contributed by atoms with van der Waals surface area (Å²) in [5.41, 5.74) is 0. The zero-order chi connectivity index (χ0) is 14.8. The summed E-state index contributed by atoms with van der Waals surface area (Å²) in [5.74, 6) is -0.0609. The van der Waals surface area contributed by atoms with E-state index in [2.05, 4.69) is 0 Å². The number of carbonyl (C=O) groups is 2. The number of carbonyl (C=O) groups excluding carboxylic acids is 1. The van der Waals surface area contributed by atoms with E-state index in [-0.39, 0.29) is 5.91 Å². The van der Waals surface area contributed by atoms with Crippen LogP contribution in [0.3, 0.4) is 0 Å². The Morgan fingerprint density at radius 1 is 1.33 bits per heavy atom. The second-order valence-corrected chi connectivity index (χ2v) is 6.39. The molecule has 5 nitrogen and oxygen atoms in total. The van der Waals surface area contributed by atoms with E-state index in [0.717, 1.165) is 17.1 Å². The van der Waals surface area contributed by atoms with Crippen molar-refractivity contribution in [2.45, 2.75) is 23.8 Å². The van der Waals surface area contributed by atoms with Gasteiger partial charge in [-0.15, -0.1) is 11.8 Å². The third-order valence-electron chi connectivity index (χ3n) is 3.87. The quantitative estimate of drug-likeness (QED) is 0.903. The molecule has 1 aromatic carbocycles. The van der Waals surface area contributed by atoms with E-state index in [9.17, 15) is 9.59 Å². The van der Waals surface area contributed by atoms with Crippen LogP contribution in [0.4, 0.5) is 0 Å². The monoisotopic (exact) mass is 307 g/mol. The lowest BCUT2D eigenvalue weighted by atomic mass is 9.98. The van der Waals surface area contributed by atoms with E-state index in [1.165, 1.54) is 0 Å². The number of thioether (sulfide) groups is 1. The molecule has 0 spiro atoms. The van der Waals surface area contributed by atoms with Gasteiger partial charge in [0.05, 0.1) is 5.92 Å². The van der Waals surface area contributed by atoms with Crippen LogP contribution in [0.25, 0.3) is 0 Å². The Balaban J connectivity index is 1.67. The molecule has 0 saturated carbocycles. The first-order valence-electron chi connectivity index (χ1n) is 7.05. The smallest absolute Gasteiger partial charge is 0.308 e. The van der Waals surface area contributed by atoms with Gasteiger partial charge >= 0.3 is 5.97 Å². The lowest BCUT2D eigenvalue weighted by Crippen LogP contribution is -2.49. The van der Waals surface area contributed by atoms with E-state index >= 15 is 0 Å². The Bertz CT molecular complexity index is 562. The van der Waals surface area contributed by atoms with E-state index in [4.69, 9.17) is 9.84 Å². The number of para-hydroxylation sites is 1. The normalized spacial score (nSPS) is 24.9. The number of hydrogen-bond acceptors (Lipinski definition) is 4. The number of amides is 1. The highest BCUT2D eigenvalue weighted by atomic mass is 32.2. The number of rotatable bonds is 2. The van der Waals surface area contributed by atoms with Crippen LogP contribution in [0.15, 0.2) is 29.2 Å². The summed E-state index contributed by atoms with van der Waals surface area (Å²) < 4.78 is 5.78. The minimum atomic E-state index is -0.822. The molecule has 6 heteroatoms. The zero-order valence-corrected chi connectivity index (χ0v) is 12.3. The van der Waals surface area contributed by atoms with Crippen LogP contribution in [0, 0.1) is 5.92 Å². The second kappa shape index (κ2) is 5.97. The molecule has 0 aliphatic carbocycles. The summed E-state index contributed by atoms with van der Waals surface area (Å²) in [6.07, 6.45) is 0.860. The van der Waals surface area contributed by atoms with Crippen molar-refractivity contribution >= 4 is 23.6 Å². The highest BCUT2D eigenvalue weighted by molar-refractivity contribution is 7.99. The molecule has 112 valence electrons. The van der Waals surface area contributed by atoms with Crippen molar-refractivity contribution in [1.82, 2.24) is 4.90 Å². The predicted molar refractivity (Wildman–Crippen MR) is 78.5 cm³/mol. The fourth-order valence-electron chi connectivity index (χ4n) is 2.72. The van der Waals surface area contributed by atoms with Crippen molar-refractivity contribution in [3.8, 4) is 5.75 Å². The molecular formula is C15H17NO4S. The first-order valence-corrected chi connectivity index (χ1v) is 8.04. The van der Waals surface area contributed by atoms with Gasteiger partial charge in [-0.2, -0.15) is 0 Å². The van der Waals surface area contributed by atoms with E-state index in [1.807, 2.05) is 24.3 Å². The molecule has 3 rings (SSSR count). The fourth-order valence-corrected chi connectivity index (χ4v) is 3.70. The van der Waals surface area contributed by atoms with Gasteiger partial charge in [-0.1, -0.05) is 12.1 Å². The van der Waals surface area contributed by atoms with Crippen LogP contribution in [-0.4, -0.2) is 46.8 Å². The SMILES string of the molecule is O=C(O)[C@H]1CCCN(C(=O)[C@H]2CSc3ccccc3O2)C1. The summed E-state index contributed by atoms with van der Waals surface area (Å²) in [5, 5.41) is 9.10. The fraction of sp³-hybridized carbons (Fsp3) is 0.467. The average Bonchev–Trinajstić information content (AvgIpc) is 2.53. The number of fused-ring (bicyclic) bond motifs is 1. The van der Waals surface area contributed by atoms with Crippen LogP contribution < -0.4 is 4.74 Å². The summed E-state index contributed by atoms with van der Waals surface area (Å²) in [4.78, 5) is 26.3. The molecule has 0 bridgehead atoms. The summed E-state index contributed by atoms with van der Waals surface area (Å²) >= 11 is 1.61. The number of ether oxygens (including phenoxy) is 1. The van der Waals surface area contributed by atoms with Crippen LogP contribution in [0.2, 0.25) is 0 Å². The van der Waals surface area contributed by atoms with Gasteiger partial charge in [0.2, 0.25) is 0 Å². The number of carboxylic acids is 1. The minimum absolute atomic E-state index is 0.0945. The molecule has 1 saturated heterocycles. The van der Waals surface area contributed by atoms with E-state index in [1.54, 1.807) is 16.7 Å². The molecule has 2 atom stereocenters. The number of piperidine rings is 1. The van der Waals surface area contributed by atoms with Gasteiger partial charge in [0.25, 0.3) is 5.91 Å². The molecule has 1 aromatic rings. The van der Waals surface area contributed by atoms with Crippen molar-refractivity contribution in [3.63, 3.8) is 0 Å². The van der Waals surface area contributed by atoms with Crippen molar-refractivity contribution in [1.29, 1.82) is 0 Å². The Morgan fingerprint density at radius 3 is 2.95 bits per heavy atom. The van der Waals surface area contributed by atoms with Crippen molar-refractivity contribution < 1.29 is 19.4 Å².